The number of amides is 1. The molecule has 0 unspecified atom stereocenters. The van der Waals surface area contributed by atoms with E-state index in [2.05, 4.69) is 10.2 Å². The largest absolute Gasteiger partial charge is 0.371 e. The van der Waals surface area contributed by atoms with Gasteiger partial charge in [0.2, 0.25) is 5.91 Å². The van der Waals surface area contributed by atoms with Gasteiger partial charge < -0.3 is 10.2 Å². The number of benzene rings is 1. The summed E-state index contributed by atoms with van der Waals surface area (Å²) < 4.78 is 36.1. The summed E-state index contributed by atoms with van der Waals surface area (Å²) in [4.78, 5) is 16.3. The first-order chi connectivity index (χ1) is 12.3. The van der Waals surface area contributed by atoms with Gasteiger partial charge in [-0.1, -0.05) is 0 Å². The minimum absolute atomic E-state index is 0.0583. The van der Waals surface area contributed by atoms with Gasteiger partial charge in [0.05, 0.1) is 18.1 Å². The number of anilines is 1. The molecular formula is C18H26FN3O3S. The van der Waals surface area contributed by atoms with Gasteiger partial charge in [-0.25, -0.2) is 12.8 Å². The van der Waals surface area contributed by atoms with E-state index in [1.807, 2.05) is 11.9 Å². The SMILES string of the molecule is CN(CC(=O)NC1CCN(c2ccc(F)cc2)CC1)[C@@H]1CCS(=O)(=O)C1. The van der Waals surface area contributed by atoms with Crippen molar-refractivity contribution in [2.24, 2.45) is 0 Å². The number of hydrogen-bond donors (Lipinski definition) is 1. The minimum atomic E-state index is -2.94. The third-order valence-electron chi connectivity index (χ3n) is 5.28. The predicted molar refractivity (Wildman–Crippen MR) is 99.5 cm³/mol. The van der Waals surface area contributed by atoms with Crippen molar-refractivity contribution >= 4 is 21.4 Å². The highest BCUT2D eigenvalue weighted by atomic mass is 32.2. The van der Waals surface area contributed by atoms with Crippen LogP contribution in [0.2, 0.25) is 0 Å². The van der Waals surface area contributed by atoms with E-state index in [1.165, 1.54) is 12.1 Å². The molecule has 0 saturated carbocycles. The summed E-state index contributed by atoms with van der Waals surface area (Å²) >= 11 is 0. The lowest BCUT2D eigenvalue weighted by Crippen LogP contribution is -2.48. The number of nitrogens with zero attached hydrogens (tertiary/aromatic N) is 2. The normalized spacial score (nSPS) is 23.3. The lowest BCUT2D eigenvalue weighted by atomic mass is 10.0. The van der Waals surface area contributed by atoms with Gasteiger partial charge in [-0.2, -0.15) is 0 Å². The number of carbonyl (C=O) groups is 1. The highest BCUT2D eigenvalue weighted by Crippen LogP contribution is 2.20. The maximum atomic E-state index is 13.0. The fourth-order valence-corrected chi connectivity index (χ4v) is 5.49. The molecule has 2 aliphatic heterocycles. The molecule has 0 aliphatic carbocycles. The second-order valence-corrected chi connectivity index (χ2v) is 9.51. The molecule has 1 N–H and O–H groups in total. The number of rotatable bonds is 5. The van der Waals surface area contributed by atoms with Crippen LogP contribution in [0.15, 0.2) is 24.3 Å². The van der Waals surface area contributed by atoms with Crippen LogP contribution in [0.5, 0.6) is 0 Å². The number of nitrogens with one attached hydrogen (secondary N) is 1. The number of carbonyl (C=O) groups excluding carboxylic acids is 1. The second-order valence-electron chi connectivity index (χ2n) is 7.28. The number of sulfone groups is 1. The van der Waals surface area contributed by atoms with Crippen LogP contribution in [-0.2, 0) is 14.6 Å². The molecule has 2 heterocycles. The molecular weight excluding hydrogens is 357 g/mol. The number of halogens is 1. The molecule has 2 saturated heterocycles. The summed E-state index contributed by atoms with van der Waals surface area (Å²) in [5.41, 5.74) is 0.998. The zero-order chi connectivity index (χ0) is 18.7. The van der Waals surface area contributed by atoms with Crippen molar-refractivity contribution in [1.29, 1.82) is 0 Å². The zero-order valence-corrected chi connectivity index (χ0v) is 15.8. The molecule has 0 radical (unpaired) electrons. The maximum absolute atomic E-state index is 13.0. The smallest absolute Gasteiger partial charge is 0.234 e. The van der Waals surface area contributed by atoms with Gasteiger partial charge in [-0.3, -0.25) is 9.69 Å². The number of hydrogen-bond acceptors (Lipinski definition) is 5. The third-order valence-corrected chi connectivity index (χ3v) is 7.03. The first-order valence-corrected chi connectivity index (χ1v) is 10.8. The molecule has 1 amide bonds. The van der Waals surface area contributed by atoms with E-state index in [0.717, 1.165) is 31.6 Å². The van der Waals surface area contributed by atoms with Crippen molar-refractivity contribution in [3.8, 4) is 0 Å². The van der Waals surface area contributed by atoms with Crippen LogP contribution in [-0.4, -0.2) is 69.5 Å². The van der Waals surface area contributed by atoms with E-state index >= 15 is 0 Å². The van der Waals surface area contributed by atoms with Crippen molar-refractivity contribution in [3.63, 3.8) is 0 Å². The van der Waals surface area contributed by atoms with Crippen LogP contribution in [0.1, 0.15) is 19.3 Å². The van der Waals surface area contributed by atoms with Crippen LogP contribution in [0.3, 0.4) is 0 Å². The molecule has 1 aromatic rings. The Hall–Kier alpha value is -1.67. The number of likely N-dealkylation sites (N-methyl/N-ethyl adjacent to an activating group) is 1. The standard InChI is InChI=1S/C18H26FN3O3S/c1-21(17-8-11-26(24,25)13-17)12-18(23)20-15-6-9-22(10-7-15)16-4-2-14(19)3-5-16/h2-5,15,17H,6-13H2,1H3,(H,20,23)/t17-/m1/s1. The molecule has 0 spiro atoms. The van der Waals surface area contributed by atoms with E-state index in [1.54, 1.807) is 12.1 Å². The molecule has 1 atom stereocenters. The molecule has 1 aromatic carbocycles. The predicted octanol–water partition coefficient (Wildman–Crippen LogP) is 1.03. The van der Waals surface area contributed by atoms with Crippen LogP contribution in [0.4, 0.5) is 10.1 Å². The molecule has 6 nitrogen and oxygen atoms in total. The summed E-state index contributed by atoms with van der Waals surface area (Å²) in [6.45, 7) is 1.85. The zero-order valence-electron chi connectivity index (χ0n) is 15.0. The van der Waals surface area contributed by atoms with Gasteiger partial charge in [0.25, 0.3) is 0 Å². The van der Waals surface area contributed by atoms with Crippen molar-refractivity contribution < 1.29 is 17.6 Å². The summed E-state index contributed by atoms with van der Waals surface area (Å²) in [5.74, 6) is 0.0605. The van der Waals surface area contributed by atoms with Gasteiger partial charge >= 0.3 is 0 Å². The third kappa shape index (κ3) is 4.94. The summed E-state index contributed by atoms with van der Waals surface area (Å²) in [6, 6.07) is 6.54. The Balaban J connectivity index is 1.42. The Morgan fingerprint density at radius 1 is 1.23 bits per heavy atom. The van der Waals surface area contributed by atoms with Gasteiger partial charge in [0.15, 0.2) is 9.84 Å². The van der Waals surface area contributed by atoms with E-state index in [9.17, 15) is 17.6 Å². The van der Waals surface area contributed by atoms with E-state index in [4.69, 9.17) is 0 Å². The molecule has 8 heteroatoms. The monoisotopic (exact) mass is 383 g/mol. The molecule has 0 bridgehead atoms. The number of piperidine rings is 1. The fourth-order valence-electron chi connectivity index (χ4n) is 3.69. The lowest BCUT2D eigenvalue weighted by molar-refractivity contribution is -0.123. The highest BCUT2D eigenvalue weighted by molar-refractivity contribution is 7.91. The van der Waals surface area contributed by atoms with E-state index < -0.39 is 9.84 Å². The molecule has 26 heavy (non-hydrogen) atoms. The van der Waals surface area contributed by atoms with Gasteiger partial charge in [0.1, 0.15) is 5.82 Å². The average Bonchev–Trinajstić information content (AvgIpc) is 2.96. The van der Waals surface area contributed by atoms with Gasteiger partial charge in [-0.05, 0) is 50.6 Å². The van der Waals surface area contributed by atoms with E-state index in [-0.39, 0.29) is 41.9 Å². The Kier molecular flexibility index (Phi) is 5.82. The van der Waals surface area contributed by atoms with Crippen LogP contribution in [0.25, 0.3) is 0 Å². The summed E-state index contributed by atoms with van der Waals surface area (Å²) in [6.07, 6.45) is 2.28. The fraction of sp³-hybridized carbons (Fsp3) is 0.611. The Labute approximate surface area is 154 Å². The highest BCUT2D eigenvalue weighted by Gasteiger charge is 2.31. The van der Waals surface area contributed by atoms with E-state index in [0.29, 0.717) is 6.42 Å². The minimum Gasteiger partial charge on any atom is -0.371 e. The van der Waals surface area contributed by atoms with Crippen LogP contribution >= 0.6 is 0 Å². The molecule has 3 rings (SSSR count). The first-order valence-electron chi connectivity index (χ1n) is 9.03. The first kappa shape index (κ1) is 19.1. The molecule has 144 valence electrons. The summed E-state index contributed by atoms with van der Waals surface area (Å²) in [7, 11) is -1.13. The average molecular weight is 383 g/mol. The second kappa shape index (κ2) is 7.92. The lowest BCUT2D eigenvalue weighted by Gasteiger charge is -2.34. The molecule has 0 aromatic heterocycles. The Morgan fingerprint density at radius 3 is 2.46 bits per heavy atom. The van der Waals surface area contributed by atoms with Crippen LogP contribution < -0.4 is 10.2 Å². The van der Waals surface area contributed by atoms with Gasteiger partial charge in [0, 0.05) is 30.9 Å². The topological polar surface area (TPSA) is 69.7 Å². The Bertz CT molecular complexity index is 731. The summed E-state index contributed by atoms with van der Waals surface area (Å²) in [5, 5.41) is 3.06. The maximum Gasteiger partial charge on any atom is 0.234 e. The van der Waals surface area contributed by atoms with Crippen molar-refractivity contribution in [1.82, 2.24) is 10.2 Å². The van der Waals surface area contributed by atoms with Crippen molar-refractivity contribution in [3.05, 3.63) is 30.1 Å². The van der Waals surface area contributed by atoms with Crippen molar-refractivity contribution in [2.45, 2.75) is 31.3 Å². The van der Waals surface area contributed by atoms with Crippen molar-refractivity contribution in [2.75, 3.05) is 43.1 Å². The molecule has 2 fully saturated rings. The quantitative estimate of drug-likeness (QED) is 0.823. The van der Waals surface area contributed by atoms with Crippen LogP contribution in [0, 0.1) is 5.82 Å². The van der Waals surface area contributed by atoms with Gasteiger partial charge in [-0.15, -0.1) is 0 Å². The molecule has 2 aliphatic rings. The Morgan fingerprint density at radius 2 is 1.88 bits per heavy atom.